The molecule has 7 nitrogen and oxygen atoms in total. The molecule has 1 atom stereocenters. The number of anilines is 1. The molecule has 0 bridgehead atoms. The first-order chi connectivity index (χ1) is 12.8. The fraction of sp³-hybridized carbons (Fsp3) is 0.421. The summed E-state index contributed by atoms with van der Waals surface area (Å²) in [5, 5.41) is 3.25. The summed E-state index contributed by atoms with van der Waals surface area (Å²) in [6, 6.07) is 6.04. The molecule has 1 saturated heterocycles. The van der Waals surface area contributed by atoms with Crippen LogP contribution in [0.1, 0.15) is 24.1 Å². The molecule has 3 aromatic rings. The third-order valence-electron chi connectivity index (χ3n) is 4.60. The van der Waals surface area contributed by atoms with E-state index in [1.165, 1.54) is 5.69 Å². The number of nitrogens with zero attached hydrogens (tertiary/aromatic N) is 5. The molecular weight excluding hydrogens is 328 g/mol. The van der Waals surface area contributed by atoms with Crippen molar-refractivity contribution < 1.29 is 4.74 Å². The maximum atomic E-state index is 5.60. The van der Waals surface area contributed by atoms with E-state index in [2.05, 4.69) is 36.6 Å². The van der Waals surface area contributed by atoms with Gasteiger partial charge < -0.3 is 14.5 Å². The third kappa shape index (κ3) is 4.00. The Kier molecular flexibility index (Phi) is 5.08. The van der Waals surface area contributed by atoms with Crippen molar-refractivity contribution in [1.29, 1.82) is 0 Å². The smallest absolute Gasteiger partial charge is 0.222 e. The number of nitrogens with one attached hydrogen (secondary N) is 1. The van der Waals surface area contributed by atoms with Crippen LogP contribution < -0.4 is 5.32 Å². The van der Waals surface area contributed by atoms with Crippen LogP contribution in [0.15, 0.2) is 43.0 Å². The Balaban J connectivity index is 1.31. The minimum absolute atomic E-state index is 0.287. The average Bonchev–Trinajstić information content (AvgIpc) is 3.32. The average molecular weight is 352 g/mol. The first kappa shape index (κ1) is 16.9. The quantitative estimate of drug-likeness (QED) is 0.704. The van der Waals surface area contributed by atoms with Crippen LogP contribution in [0.3, 0.4) is 0 Å². The Morgan fingerprint density at radius 2 is 2.08 bits per heavy atom. The Bertz CT molecular complexity index is 841. The van der Waals surface area contributed by atoms with Crippen molar-refractivity contribution in [3.05, 3.63) is 54.2 Å². The molecule has 0 saturated carbocycles. The van der Waals surface area contributed by atoms with Crippen LogP contribution in [0.2, 0.25) is 0 Å². The highest BCUT2D eigenvalue weighted by Crippen LogP contribution is 2.13. The number of pyridine rings is 1. The summed E-state index contributed by atoms with van der Waals surface area (Å²) in [6.07, 6.45) is 10.3. The molecule has 4 heterocycles. The van der Waals surface area contributed by atoms with E-state index in [1.54, 1.807) is 0 Å². The number of imidazole rings is 1. The second kappa shape index (κ2) is 7.80. The molecule has 0 spiro atoms. The molecule has 1 aliphatic rings. The van der Waals surface area contributed by atoms with E-state index < -0.39 is 0 Å². The van der Waals surface area contributed by atoms with Crippen molar-refractivity contribution in [1.82, 2.24) is 24.3 Å². The monoisotopic (exact) mass is 352 g/mol. The lowest BCUT2D eigenvalue weighted by atomic mass is 10.2. The van der Waals surface area contributed by atoms with Gasteiger partial charge in [-0.15, -0.1) is 0 Å². The minimum Gasteiger partial charge on any atom is -0.376 e. The van der Waals surface area contributed by atoms with Crippen LogP contribution >= 0.6 is 0 Å². The van der Waals surface area contributed by atoms with Crippen LogP contribution in [0, 0.1) is 0 Å². The predicted molar refractivity (Wildman–Crippen MR) is 99.9 cm³/mol. The van der Waals surface area contributed by atoms with Gasteiger partial charge in [0.25, 0.3) is 0 Å². The zero-order chi connectivity index (χ0) is 17.8. The molecule has 26 heavy (non-hydrogen) atoms. The molecule has 0 amide bonds. The van der Waals surface area contributed by atoms with E-state index in [-0.39, 0.29) is 6.10 Å². The van der Waals surface area contributed by atoms with Crippen LogP contribution in [-0.4, -0.2) is 50.6 Å². The van der Waals surface area contributed by atoms with Gasteiger partial charge in [-0.3, -0.25) is 4.90 Å². The van der Waals surface area contributed by atoms with Crippen LogP contribution in [-0.2, 0) is 17.8 Å². The van der Waals surface area contributed by atoms with Crippen LogP contribution in [0.4, 0.5) is 5.95 Å². The lowest BCUT2D eigenvalue weighted by molar-refractivity contribution is 0.120. The lowest BCUT2D eigenvalue weighted by Crippen LogP contribution is -2.20. The highest BCUT2D eigenvalue weighted by molar-refractivity contribution is 5.39. The standard InChI is InChI=1S/C19H24N6O/c1-24(14-16-11-20-18-6-2-3-7-25(16)18)13-15-9-21-19(22-10-15)23-12-17-5-4-8-26-17/h2-3,6-7,9-11,17H,4-5,8,12-14H2,1H3,(H,21,22,23). The number of rotatable bonds is 7. The van der Waals surface area contributed by atoms with E-state index in [4.69, 9.17) is 4.74 Å². The van der Waals surface area contributed by atoms with Gasteiger partial charge in [0.2, 0.25) is 5.95 Å². The van der Waals surface area contributed by atoms with E-state index in [1.807, 2.05) is 43.0 Å². The summed E-state index contributed by atoms with van der Waals surface area (Å²) < 4.78 is 7.72. The van der Waals surface area contributed by atoms with Gasteiger partial charge in [-0.25, -0.2) is 15.0 Å². The van der Waals surface area contributed by atoms with Crippen LogP contribution in [0.25, 0.3) is 5.65 Å². The molecule has 1 fully saturated rings. The number of aromatic nitrogens is 4. The summed E-state index contributed by atoms with van der Waals surface area (Å²) in [4.78, 5) is 15.5. The maximum absolute atomic E-state index is 5.60. The Morgan fingerprint density at radius 1 is 1.19 bits per heavy atom. The van der Waals surface area contributed by atoms with Crippen molar-refractivity contribution in [3.63, 3.8) is 0 Å². The molecular formula is C19H24N6O. The van der Waals surface area contributed by atoms with E-state index in [0.29, 0.717) is 5.95 Å². The Labute approximate surface area is 153 Å². The normalized spacial score (nSPS) is 17.2. The molecule has 3 aromatic heterocycles. The molecule has 4 rings (SSSR count). The highest BCUT2D eigenvalue weighted by atomic mass is 16.5. The van der Waals surface area contributed by atoms with Crippen molar-refractivity contribution in [2.75, 3.05) is 25.5 Å². The van der Waals surface area contributed by atoms with Crippen molar-refractivity contribution >= 4 is 11.6 Å². The highest BCUT2D eigenvalue weighted by Gasteiger charge is 2.15. The number of hydrogen-bond donors (Lipinski definition) is 1. The molecule has 0 aliphatic carbocycles. The number of fused-ring (bicyclic) bond motifs is 1. The maximum Gasteiger partial charge on any atom is 0.222 e. The first-order valence-electron chi connectivity index (χ1n) is 9.04. The summed E-state index contributed by atoms with van der Waals surface area (Å²) >= 11 is 0. The topological polar surface area (TPSA) is 67.6 Å². The number of hydrogen-bond acceptors (Lipinski definition) is 6. The van der Waals surface area contributed by atoms with E-state index in [0.717, 1.165) is 50.3 Å². The molecule has 0 radical (unpaired) electrons. The zero-order valence-electron chi connectivity index (χ0n) is 15.0. The van der Waals surface area contributed by atoms with Crippen molar-refractivity contribution in [2.45, 2.75) is 32.0 Å². The fourth-order valence-corrected chi connectivity index (χ4v) is 3.28. The van der Waals surface area contributed by atoms with Crippen molar-refractivity contribution in [3.8, 4) is 0 Å². The second-order valence-corrected chi connectivity index (χ2v) is 6.78. The largest absolute Gasteiger partial charge is 0.376 e. The molecule has 1 aliphatic heterocycles. The van der Waals surface area contributed by atoms with Gasteiger partial charge in [-0.1, -0.05) is 6.07 Å². The number of ether oxygens (including phenoxy) is 1. The van der Waals surface area contributed by atoms with E-state index >= 15 is 0 Å². The summed E-state index contributed by atoms with van der Waals surface area (Å²) in [5.41, 5.74) is 3.23. The van der Waals surface area contributed by atoms with Gasteiger partial charge in [0.1, 0.15) is 5.65 Å². The van der Waals surface area contributed by atoms with Gasteiger partial charge in [0.15, 0.2) is 0 Å². The molecule has 0 aromatic carbocycles. The molecule has 1 unspecified atom stereocenters. The Morgan fingerprint density at radius 3 is 2.88 bits per heavy atom. The molecule has 7 heteroatoms. The Hall–Kier alpha value is -2.51. The summed E-state index contributed by atoms with van der Waals surface area (Å²) in [6.45, 7) is 3.23. The predicted octanol–water partition coefficient (Wildman–Crippen LogP) is 2.35. The SMILES string of the molecule is CN(Cc1cnc(NCC2CCCO2)nc1)Cc1cnc2ccccn12. The fourth-order valence-electron chi connectivity index (χ4n) is 3.28. The van der Waals surface area contributed by atoms with Gasteiger partial charge in [-0.05, 0) is 32.0 Å². The first-order valence-corrected chi connectivity index (χ1v) is 9.04. The third-order valence-corrected chi connectivity index (χ3v) is 4.60. The van der Waals surface area contributed by atoms with Gasteiger partial charge in [0.05, 0.1) is 18.0 Å². The minimum atomic E-state index is 0.287. The van der Waals surface area contributed by atoms with Gasteiger partial charge in [-0.2, -0.15) is 0 Å². The molecule has 1 N–H and O–H groups in total. The van der Waals surface area contributed by atoms with Crippen molar-refractivity contribution in [2.24, 2.45) is 0 Å². The van der Waals surface area contributed by atoms with Gasteiger partial charge in [0, 0.05) is 50.4 Å². The lowest BCUT2D eigenvalue weighted by Gasteiger charge is -2.16. The summed E-state index contributed by atoms with van der Waals surface area (Å²) in [7, 11) is 2.09. The van der Waals surface area contributed by atoms with Gasteiger partial charge >= 0.3 is 0 Å². The zero-order valence-corrected chi connectivity index (χ0v) is 15.0. The van der Waals surface area contributed by atoms with Crippen LogP contribution in [0.5, 0.6) is 0 Å². The second-order valence-electron chi connectivity index (χ2n) is 6.78. The summed E-state index contributed by atoms with van der Waals surface area (Å²) in [5.74, 6) is 0.661. The van der Waals surface area contributed by atoms with E-state index in [9.17, 15) is 0 Å². The molecule has 136 valence electrons.